The van der Waals surface area contributed by atoms with Crippen molar-refractivity contribution < 1.29 is 14.3 Å². The molecule has 0 spiro atoms. The van der Waals surface area contributed by atoms with Crippen LogP contribution in [0.15, 0.2) is 23.0 Å². The van der Waals surface area contributed by atoms with Gasteiger partial charge in [-0.3, -0.25) is 24.6 Å². The second-order valence-electron chi connectivity index (χ2n) is 9.02. The molecule has 3 fully saturated rings. The summed E-state index contributed by atoms with van der Waals surface area (Å²) in [5, 5.41) is 11.5. The van der Waals surface area contributed by atoms with Crippen molar-refractivity contribution in [3.05, 3.63) is 34.2 Å². The molecule has 10 heteroatoms. The second kappa shape index (κ2) is 9.20. The number of ether oxygens (including phenoxy) is 1. The van der Waals surface area contributed by atoms with Crippen LogP contribution < -0.4 is 21.1 Å². The Morgan fingerprint density at radius 3 is 2.67 bits per heavy atom. The zero-order chi connectivity index (χ0) is 22.9. The number of aromatic nitrogens is 2. The van der Waals surface area contributed by atoms with Crippen LogP contribution >= 0.6 is 0 Å². The number of nitrogens with one attached hydrogen (secondary N) is 2. The van der Waals surface area contributed by atoms with Crippen molar-refractivity contribution >= 4 is 28.3 Å². The molecule has 2 amide bonds. The number of morpholine rings is 1. The molecule has 3 aliphatic heterocycles. The lowest BCUT2D eigenvalue weighted by atomic mass is 10.1. The van der Waals surface area contributed by atoms with Gasteiger partial charge in [0.1, 0.15) is 6.04 Å². The predicted octanol–water partition coefficient (Wildman–Crippen LogP) is -0.207. The van der Waals surface area contributed by atoms with Crippen LogP contribution in [0.2, 0.25) is 0 Å². The van der Waals surface area contributed by atoms with Gasteiger partial charge in [0.25, 0.3) is 11.5 Å². The summed E-state index contributed by atoms with van der Waals surface area (Å²) < 4.78 is 7.07. The van der Waals surface area contributed by atoms with Gasteiger partial charge >= 0.3 is 0 Å². The fraction of sp³-hybridized carbons (Fsp3) is 0.565. The van der Waals surface area contributed by atoms with Crippen LogP contribution in [0.25, 0.3) is 10.8 Å². The van der Waals surface area contributed by atoms with E-state index >= 15 is 0 Å². The third-order valence-corrected chi connectivity index (χ3v) is 6.80. The molecule has 5 rings (SSSR count). The molecule has 2 N–H and O–H groups in total. The van der Waals surface area contributed by atoms with Crippen molar-refractivity contribution in [2.45, 2.75) is 31.9 Å². The molecule has 0 saturated carbocycles. The van der Waals surface area contributed by atoms with Crippen molar-refractivity contribution in [3.63, 3.8) is 0 Å². The molecule has 3 aliphatic rings. The van der Waals surface area contributed by atoms with Gasteiger partial charge in [-0.25, -0.2) is 4.68 Å². The molecule has 0 aliphatic carbocycles. The predicted molar refractivity (Wildman–Crippen MR) is 123 cm³/mol. The first-order chi connectivity index (χ1) is 16.0. The maximum atomic E-state index is 13.1. The Labute approximate surface area is 191 Å². The molecule has 0 radical (unpaired) electrons. The van der Waals surface area contributed by atoms with Crippen LogP contribution in [0, 0.1) is 6.92 Å². The molecule has 10 nitrogen and oxygen atoms in total. The van der Waals surface area contributed by atoms with Gasteiger partial charge in [-0.05, 0) is 31.5 Å². The van der Waals surface area contributed by atoms with E-state index in [4.69, 9.17) is 4.74 Å². The fourth-order valence-corrected chi connectivity index (χ4v) is 4.94. The van der Waals surface area contributed by atoms with Crippen LogP contribution in [0.4, 0.5) is 5.69 Å². The van der Waals surface area contributed by atoms with Gasteiger partial charge in [0, 0.05) is 63.3 Å². The summed E-state index contributed by atoms with van der Waals surface area (Å²) in [5.74, 6) is -0.780. The van der Waals surface area contributed by atoms with Crippen LogP contribution in [0.5, 0.6) is 0 Å². The molecular formula is C23H30N6O4. The number of piperidine rings is 1. The number of hydrogen-bond donors (Lipinski definition) is 2. The maximum absolute atomic E-state index is 13.1. The number of carbonyl (C=O) groups excluding carboxylic acids is 2. The molecule has 2 atom stereocenters. The van der Waals surface area contributed by atoms with E-state index in [0.717, 1.165) is 63.5 Å². The van der Waals surface area contributed by atoms with E-state index in [1.165, 1.54) is 4.68 Å². The Hall–Kier alpha value is -2.82. The molecule has 1 unspecified atom stereocenters. The average molecular weight is 455 g/mol. The SMILES string of the molecule is Cc1nn(C2CCC(=O)NC2=O)c(=O)c2ccc(N3CCN(C[C@@H]4CNCCO4)CC3)cc12. The van der Waals surface area contributed by atoms with Crippen LogP contribution in [-0.2, 0) is 14.3 Å². The molecule has 1 aromatic heterocycles. The first kappa shape index (κ1) is 22.0. The number of rotatable bonds is 4. The largest absolute Gasteiger partial charge is 0.374 e. The molecule has 0 bridgehead atoms. The molecule has 3 saturated heterocycles. The summed E-state index contributed by atoms with van der Waals surface area (Å²) in [6.45, 7) is 9.16. The normalized spacial score (nSPS) is 24.8. The summed E-state index contributed by atoms with van der Waals surface area (Å²) >= 11 is 0. The van der Waals surface area contributed by atoms with Gasteiger partial charge in [0.05, 0.1) is 23.8 Å². The standard InChI is InChI=1S/C23H30N6O4/c1-15-19-12-16(28-9-7-27(8-10-28)14-17-13-24-6-11-33-17)2-3-18(19)23(32)29(26-15)20-4-5-21(30)25-22(20)31/h2-3,12,17,20,24H,4-11,13-14H2,1H3,(H,25,30,31)/t17-,20?/m0/s1. The highest BCUT2D eigenvalue weighted by molar-refractivity contribution is 5.99. The number of nitrogens with zero attached hydrogens (tertiary/aromatic N) is 4. The van der Waals surface area contributed by atoms with Gasteiger partial charge in [-0.2, -0.15) is 5.10 Å². The number of anilines is 1. The zero-order valence-electron chi connectivity index (χ0n) is 18.9. The summed E-state index contributed by atoms with van der Waals surface area (Å²) in [4.78, 5) is 41.6. The van der Waals surface area contributed by atoms with E-state index < -0.39 is 11.9 Å². The van der Waals surface area contributed by atoms with Crippen LogP contribution in [0.1, 0.15) is 24.6 Å². The van der Waals surface area contributed by atoms with Crippen molar-refractivity contribution in [1.82, 2.24) is 25.3 Å². The van der Waals surface area contributed by atoms with Crippen molar-refractivity contribution in [3.8, 4) is 0 Å². The van der Waals surface area contributed by atoms with E-state index in [2.05, 4.69) is 25.5 Å². The summed E-state index contributed by atoms with van der Waals surface area (Å²) in [6.07, 6.45) is 0.745. The number of benzene rings is 1. The summed E-state index contributed by atoms with van der Waals surface area (Å²) in [5.41, 5.74) is 1.46. The van der Waals surface area contributed by atoms with Gasteiger partial charge in [-0.15, -0.1) is 0 Å². The molecule has 33 heavy (non-hydrogen) atoms. The highest BCUT2D eigenvalue weighted by atomic mass is 16.5. The fourth-order valence-electron chi connectivity index (χ4n) is 4.94. The second-order valence-corrected chi connectivity index (χ2v) is 9.02. The first-order valence-corrected chi connectivity index (χ1v) is 11.7. The van der Waals surface area contributed by atoms with Gasteiger partial charge in [-0.1, -0.05) is 0 Å². The lowest BCUT2D eigenvalue weighted by molar-refractivity contribution is -0.136. The van der Waals surface area contributed by atoms with Crippen LogP contribution in [0.3, 0.4) is 0 Å². The number of imide groups is 1. The van der Waals surface area contributed by atoms with E-state index in [9.17, 15) is 14.4 Å². The minimum atomic E-state index is -0.755. The van der Waals surface area contributed by atoms with Crippen molar-refractivity contribution in [1.29, 1.82) is 0 Å². The van der Waals surface area contributed by atoms with Crippen molar-refractivity contribution in [2.75, 3.05) is 57.3 Å². The lowest BCUT2D eigenvalue weighted by Crippen LogP contribution is -2.51. The van der Waals surface area contributed by atoms with Gasteiger partial charge < -0.3 is 15.0 Å². The maximum Gasteiger partial charge on any atom is 0.275 e. The van der Waals surface area contributed by atoms with Crippen LogP contribution in [-0.4, -0.2) is 85.0 Å². The smallest absolute Gasteiger partial charge is 0.275 e. The topological polar surface area (TPSA) is 109 Å². The lowest BCUT2D eigenvalue weighted by Gasteiger charge is -2.38. The van der Waals surface area contributed by atoms with Crippen molar-refractivity contribution in [2.24, 2.45) is 0 Å². The number of amides is 2. The molecule has 176 valence electrons. The number of aryl methyl sites for hydroxylation is 1. The Balaban J connectivity index is 1.32. The minimum absolute atomic E-state index is 0.204. The van der Waals surface area contributed by atoms with E-state index in [0.29, 0.717) is 11.1 Å². The molecule has 1 aromatic carbocycles. The van der Waals surface area contributed by atoms with E-state index in [-0.39, 0.29) is 30.4 Å². The highest BCUT2D eigenvalue weighted by Crippen LogP contribution is 2.25. The highest BCUT2D eigenvalue weighted by Gasteiger charge is 2.30. The number of piperazine rings is 1. The van der Waals surface area contributed by atoms with E-state index in [1.54, 1.807) is 0 Å². The zero-order valence-corrected chi connectivity index (χ0v) is 18.9. The van der Waals surface area contributed by atoms with Gasteiger partial charge in [0.2, 0.25) is 5.91 Å². The summed E-state index contributed by atoms with van der Waals surface area (Å²) in [6, 6.07) is 5.08. The molecule has 2 aromatic rings. The van der Waals surface area contributed by atoms with E-state index in [1.807, 2.05) is 25.1 Å². The Kier molecular flexibility index (Phi) is 6.13. The van der Waals surface area contributed by atoms with Gasteiger partial charge in [0.15, 0.2) is 0 Å². The monoisotopic (exact) mass is 454 g/mol. The quantitative estimate of drug-likeness (QED) is 0.611. The third kappa shape index (κ3) is 4.50. The first-order valence-electron chi connectivity index (χ1n) is 11.7. The molecule has 4 heterocycles. The third-order valence-electron chi connectivity index (χ3n) is 6.80. The summed E-state index contributed by atoms with van der Waals surface area (Å²) in [7, 11) is 0. The Bertz CT molecular complexity index is 1120. The average Bonchev–Trinajstić information content (AvgIpc) is 2.83. The minimum Gasteiger partial charge on any atom is -0.374 e. The number of hydrogen-bond acceptors (Lipinski definition) is 8. The number of carbonyl (C=O) groups is 2. The Morgan fingerprint density at radius 1 is 1.12 bits per heavy atom. The number of fused-ring (bicyclic) bond motifs is 1. The molecular weight excluding hydrogens is 424 g/mol. The Morgan fingerprint density at radius 2 is 1.94 bits per heavy atom.